The van der Waals surface area contributed by atoms with Crippen molar-refractivity contribution < 1.29 is 4.74 Å². The van der Waals surface area contributed by atoms with Crippen molar-refractivity contribution in [3.63, 3.8) is 0 Å². The normalized spacial score (nSPS) is 24.4. The fraction of sp³-hybridized carbons (Fsp3) is 0.929. The Morgan fingerprint density at radius 1 is 1.39 bits per heavy atom. The average molecular weight is 272 g/mol. The molecule has 0 saturated heterocycles. The summed E-state index contributed by atoms with van der Waals surface area (Å²) in [6, 6.07) is 0.702. The van der Waals surface area contributed by atoms with Gasteiger partial charge in [0.25, 0.3) is 0 Å². The van der Waals surface area contributed by atoms with Gasteiger partial charge in [-0.3, -0.25) is 4.90 Å². The molecule has 2 atom stereocenters. The summed E-state index contributed by atoms with van der Waals surface area (Å²) in [5, 5.41) is 0. The van der Waals surface area contributed by atoms with E-state index in [0.29, 0.717) is 11.0 Å². The van der Waals surface area contributed by atoms with Gasteiger partial charge in [-0.15, -0.1) is 0 Å². The summed E-state index contributed by atoms with van der Waals surface area (Å²) in [6.07, 6.45) is 7.55. The van der Waals surface area contributed by atoms with Gasteiger partial charge in [0.05, 0.1) is 11.6 Å². The van der Waals surface area contributed by atoms with Crippen LogP contribution in [0, 0.1) is 5.92 Å². The Morgan fingerprint density at radius 2 is 2.17 bits per heavy atom. The molecule has 0 aliphatic heterocycles. The Balaban J connectivity index is 2.48. The lowest BCUT2D eigenvalue weighted by molar-refractivity contribution is 0.0904. The van der Waals surface area contributed by atoms with Gasteiger partial charge >= 0.3 is 0 Å². The lowest BCUT2D eigenvalue weighted by Gasteiger charge is -2.37. The van der Waals surface area contributed by atoms with Crippen molar-refractivity contribution in [2.75, 3.05) is 26.8 Å². The molecule has 0 aromatic heterocycles. The van der Waals surface area contributed by atoms with Gasteiger partial charge in [0.1, 0.15) is 0 Å². The topological polar surface area (TPSA) is 38.5 Å². The molecule has 1 rings (SSSR count). The molecule has 1 aliphatic rings. The summed E-state index contributed by atoms with van der Waals surface area (Å²) in [5.41, 5.74) is 5.63. The number of nitrogens with two attached hydrogens (primary N) is 1. The van der Waals surface area contributed by atoms with Gasteiger partial charge in [-0.05, 0) is 18.8 Å². The molecule has 18 heavy (non-hydrogen) atoms. The minimum atomic E-state index is 0.625. The molecular weight excluding hydrogens is 244 g/mol. The number of nitrogens with zero attached hydrogens (tertiary/aromatic N) is 1. The number of rotatable bonds is 8. The zero-order valence-electron chi connectivity index (χ0n) is 11.9. The Hall–Kier alpha value is -0.190. The van der Waals surface area contributed by atoms with E-state index in [1.54, 1.807) is 7.11 Å². The molecule has 0 aromatic carbocycles. The number of hydrogen-bond donors (Lipinski definition) is 1. The van der Waals surface area contributed by atoms with Crippen LogP contribution in [0.4, 0.5) is 0 Å². The molecule has 0 amide bonds. The first-order chi connectivity index (χ1) is 8.67. The molecule has 0 spiro atoms. The third kappa shape index (κ3) is 5.63. The van der Waals surface area contributed by atoms with Crippen LogP contribution in [0.5, 0.6) is 0 Å². The highest BCUT2D eigenvalue weighted by atomic mass is 32.1. The molecular formula is C14H28N2OS. The van der Waals surface area contributed by atoms with Crippen molar-refractivity contribution in [3.05, 3.63) is 0 Å². The van der Waals surface area contributed by atoms with Crippen LogP contribution in [0.2, 0.25) is 0 Å². The summed E-state index contributed by atoms with van der Waals surface area (Å²) in [5.74, 6) is 0.902. The Bertz CT molecular complexity index is 248. The predicted molar refractivity (Wildman–Crippen MR) is 80.9 cm³/mol. The lowest BCUT2D eigenvalue weighted by Crippen LogP contribution is -2.42. The van der Waals surface area contributed by atoms with E-state index >= 15 is 0 Å². The minimum absolute atomic E-state index is 0.625. The Labute approximate surface area is 117 Å². The van der Waals surface area contributed by atoms with Crippen molar-refractivity contribution >= 4 is 17.2 Å². The van der Waals surface area contributed by atoms with E-state index in [9.17, 15) is 0 Å². The number of thiocarbonyl (C=S) groups is 1. The van der Waals surface area contributed by atoms with Crippen molar-refractivity contribution in [2.45, 2.75) is 51.5 Å². The van der Waals surface area contributed by atoms with Gasteiger partial charge in [-0.25, -0.2) is 0 Å². The van der Waals surface area contributed by atoms with E-state index < -0.39 is 0 Å². The summed E-state index contributed by atoms with van der Waals surface area (Å²) in [7, 11) is 1.77. The molecule has 3 nitrogen and oxygen atoms in total. The molecule has 0 radical (unpaired) electrons. The third-order valence-corrected chi connectivity index (χ3v) is 4.28. The van der Waals surface area contributed by atoms with Crippen LogP contribution < -0.4 is 5.73 Å². The van der Waals surface area contributed by atoms with Crippen molar-refractivity contribution in [2.24, 2.45) is 11.7 Å². The van der Waals surface area contributed by atoms with E-state index in [4.69, 9.17) is 22.7 Å². The van der Waals surface area contributed by atoms with Gasteiger partial charge < -0.3 is 10.5 Å². The maximum absolute atomic E-state index is 5.63. The largest absolute Gasteiger partial charge is 0.393 e. The maximum atomic E-state index is 5.63. The van der Waals surface area contributed by atoms with E-state index in [2.05, 4.69) is 11.8 Å². The second-order valence-electron chi connectivity index (χ2n) is 5.34. The number of ether oxygens (including phenoxy) is 1. The lowest BCUT2D eigenvalue weighted by atomic mass is 9.83. The molecule has 0 bridgehead atoms. The molecule has 0 heterocycles. The standard InChI is InChI=1S/C14H28N2OS/c1-3-12-5-4-6-13(11-12)16(9-10-17-2)8-7-14(15)18/h12-13H,3-11H2,1-2H3,(H2,15,18). The predicted octanol–water partition coefficient (Wildman–Crippen LogP) is 2.58. The van der Waals surface area contributed by atoms with Crippen molar-refractivity contribution in [3.8, 4) is 0 Å². The zero-order valence-corrected chi connectivity index (χ0v) is 12.7. The van der Waals surface area contributed by atoms with Crippen LogP contribution in [0.25, 0.3) is 0 Å². The van der Waals surface area contributed by atoms with Crippen LogP contribution in [0.15, 0.2) is 0 Å². The van der Waals surface area contributed by atoms with Gasteiger partial charge in [0.2, 0.25) is 0 Å². The van der Waals surface area contributed by atoms with Crippen molar-refractivity contribution in [1.82, 2.24) is 4.90 Å². The van der Waals surface area contributed by atoms with Crippen molar-refractivity contribution in [1.29, 1.82) is 0 Å². The zero-order chi connectivity index (χ0) is 13.4. The first-order valence-corrected chi connectivity index (χ1v) is 7.59. The Kier molecular flexibility index (Phi) is 7.79. The summed E-state index contributed by atoms with van der Waals surface area (Å²) < 4.78 is 5.22. The first-order valence-electron chi connectivity index (χ1n) is 7.18. The highest BCUT2D eigenvalue weighted by Gasteiger charge is 2.25. The second-order valence-corrected chi connectivity index (χ2v) is 5.86. The van der Waals surface area contributed by atoms with E-state index in [1.807, 2.05) is 0 Å². The summed E-state index contributed by atoms with van der Waals surface area (Å²) in [4.78, 5) is 3.16. The summed E-state index contributed by atoms with van der Waals surface area (Å²) >= 11 is 4.99. The highest BCUT2D eigenvalue weighted by molar-refractivity contribution is 7.80. The van der Waals surface area contributed by atoms with Gasteiger partial charge in [-0.1, -0.05) is 38.4 Å². The molecule has 1 saturated carbocycles. The average Bonchev–Trinajstić information content (AvgIpc) is 2.38. The highest BCUT2D eigenvalue weighted by Crippen LogP contribution is 2.29. The SMILES string of the molecule is CCC1CCCC(N(CCOC)CCC(N)=S)C1. The van der Waals surface area contributed by atoms with Gasteiger partial charge in [0, 0.05) is 32.7 Å². The fourth-order valence-electron chi connectivity index (χ4n) is 2.90. The van der Waals surface area contributed by atoms with E-state index in [0.717, 1.165) is 32.0 Å². The quantitative estimate of drug-likeness (QED) is 0.689. The first kappa shape index (κ1) is 15.9. The molecule has 2 N–H and O–H groups in total. The van der Waals surface area contributed by atoms with E-state index in [-0.39, 0.29) is 0 Å². The van der Waals surface area contributed by atoms with Crippen LogP contribution in [0.1, 0.15) is 45.4 Å². The molecule has 106 valence electrons. The molecule has 1 aliphatic carbocycles. The third-order valence-electron chi connectivity index (χ3n) is 4.08. The van der Waals surface area contributed by atoms with Crippen LogP contribution >= 0.6 is 12.2 Å². The van der Waals surface area contributed by atoms with Crippen LogP contribution in [-0.4, -0.2) is 42.7 Å². The monoisotopic (exact) mass is 272 g/mol. The Morgan fingerprint density at radius 3 is 2.78 bits per heavy atom. The smallest absolute Gasteiger partial charge is 0.0740 e. The van der Waals surface area contributed by atoms with Gasteiger partial charge in [-0.2, -0.15) is 0 Å². The number of methoxy groups -OCH3 is 1. The maximum Gasteiger partial charge on any atom is 0.0740 e. The molecule has 1 fully saturated rings. The van der Waals surface area contributed by atoms with Crippen LogP contribution in [0.3, 0.4) is 0 Å². The second kappa shape index (κ2) is 8.83. The minimum Gasteiger partial charge on any atom is -0.393 e. The molecule has 0 aromatic rings. The van der Waals surface area contributed by atoms with E-state index in [1.165, 1.54) is 32.1 Å². The van der Waals surface area contributed by atoms with Crippen LogP contribution in [-0.2, 0) is 4.74 Å². The molecule has 4 heteroatoms. The number of hydrogen-bond acceptors (Lipinski definition) is 3. The molecule has 2 unspecified atom stereocenters. The fourth-order valence-corrected chi connectivity index (χ4v) is 3.00. The summed E-state index contributed by atoms with van der Waals surface area (Å²) in [6.45, 7) is 5.09. The van der Waals surface area contributed by atoms with Gasteiger partial charge in [0.15, 0.2) is 0 Å².